The largest absolute Gasteiger partial charge is 0.319 e. The number of aromatic amines is 1. The van der Waals surface area contributed by atoms with Crippen molar-refractivity contribution in [2.24, 2.45) is 0 Å². The van der Waals surface area contributed by atoms with Gasteiger partial charge >= 0.3 is 0 Å². The summed E-state index contributed by atoms with van der Waals surface area (Å²) in [5.41, 5.74) is 4.14. The molecule has 2 rings (SSSR count). The van der Waals surface area contributed by atoms with Gasteiger partial charge in [0, 0.05) is 23.7 Å². The van der Waals surface area contributed by atoms with Gasteiger partial charge in [-0.1, -0.05) is 6.92 Å². The van der Waals surface area contributed by atoms with E-state index in [-0.39, 0.29) is 0 Å². The Bertz CT molecular complexity index is 290. The first-order valence-electron chi connectivity index (χ1n) is 5.07. The molecule has 0 saturated carbocycles. The van der Waals surface area contributed by atoms with Crippen molar-refractivity contribution in [2.45, 2.75) is 32.1 Å². The minimum absolute atomic E-state index is 0.689. The zero-order valence-corrected chi connectivity index (χ0v) is 8.35. The molecule has 0 radical (unpaired) electrons. The van der Waals surface area contributed by atoms with E-state index in [1.807, 2.05) is 7.05 Å². The number of nitrogens with one attached hydrogen (secondary N) is 2. The van der Waals surface area contributed by atoms with Crippen molar-refractivity contribution in [3.63, 3.8) is 0 Å². The van der Waals surface area contributed by atoms with Crippen molar-refractivity contribution in [3.8, 4) is 0 Å². The van der Waals surface area contributed by atoms with E-state index in [2.05, 4.69) is 22.4 Å². The zero-order valence-electron chi connectivity index (χ0n) is 8.35. The summed E-state index contributed by atoms with van der Waals surface area (Å²) in [5.74, 6) is 0.689. The van der Waals surface area contributed by atoms with Crippen molar-refractivity contribution in [1.82, 2.24) is 15.5 Å². The quantitative estimate of drug-likeness (QED) is 0.732. The maximum Gasteiger partial charge on any atom is 0.0657 e. The Morgan fingerprint density at radius 2 is 2.46 bits per heavy atom. The third-order valence-corrected chi connectivity index (χ3v) is 2.90. The zero-order chi connectivity index (χ0) is 9.26. The molecule has 1 aliphatic rings. The van der Waals surface area contributed by atoms with Crippen LogP contribution in [0.4, 0.5) is 0 Å². The first kappa shape index (κ1) is 8.75. The summed E-state index contributed by atoms with van der Waals surface area (Å²) >= 11 is 0. The number of aryl methyl sites for hydroxylation is 2. The number of hydrogen-bond acceptors (Lipinski definition) is 2. The van der Waals surface area contributed by atoms with Crippen LogP contribution < -0.4 is 5.32 Å². The Morgan fingerprint density at radius 1 is 1.62 bits per heavy atom. The second-order valence-electron chi connectivity index (χ2n) is 3.71. The third-order valence-electron chi connectivity index (χ3n) is 2.90. The van der Waals surface area contributed by atoms with Crippen LogP contribution in [-0.4, -0.2) is 23.8 Å². The Balaban J connectivity index is 2.27. The third kappa shape index (κ3) is 1.37. The maximum absolute atomic E-state index is 4.34. The lowest BCUT2D eigenvalue weighted by atomic mass is 10.0. The van der Waals surface area contributed by atoms with Crippen LogP contribution in [0.25, 0.3) is 0 Å². The minimum atomic E-state index is 0.689. The molecule has 0 bridgehead atoms. The van der Waals surface area contributed by atoms with Crippen LogP contribution in [0.5, 0.6) is 0 Å². The lowest BCUT2D eigenvalue weighted by Crippen LogP contribution is -2.15. The Labute approximate surface area is 78.9 Å². The van der Waals surface area contributed by atoms with E-state index < -0.39 is 0 Å². The molecule has 13 heavy (non-hydrogen) atoms. The fourth-order valence-corrected chi connectivity index (χ4v) is 2.29. The van der Waals surface area contributed by atoms with Gasteiger partial charge in [0.05, 0.1) is 5.69 Å². The molecule has 1 aromatic rings. The number of fused-ring (bicyclic) bond motifs is 1. The lowest BCUT2D eigenvalue weighted by molar-refractivity contribution is 0.614. The van der Waals surface area contributed by atoms with Crippen molar-refractivity contribution in [1.29, 1.82) is 0 Å². The minimum Gasteiger partial charge on any atom is -0.319 e. The van der Waals surface area contributed by atoms with Crippen LogP contribution in [0.15, 0.2) is 0 Å². The number of nitrogens with zero attached hydrogens (tertiary/aromatic N) is 1. The molecule has 1 unspecified atom stereocenters. The van der Waals surface area contributed by atoms with Crippen molar-refractivity contribution < 1.29 is 0 Å². The average molecular weight is 179 g/mol. The average Bonchev–Trinajstić information content (AvgIpc) is 2.68. The number of rotatable bonds is 3. The Morgan fingerprint density at radius 3 is 3.15 bits per heavy atom. The standard InChI is InChI=1S/C10H17N3/c1-3-8-10-7(6-11-2)4-5-9(10)13-12-8/h7,11H,3-6H2,1-2H3,(H,12,13). The molecule has 0 spiro atoms. The highest BCUT2D eigenvalue weighted by Gasteiger charge is 2.26. The van der Waals surface area contributed by atoms with Crippen LogP contribution >= 0.6 is 0 Å². The molecule has 2 N–H and O–H groups in total. The van der Waals surface area contributed by atoms with Crippen molar-refractivity contribution in [2.75, 3.05) is 13.6 Å². The lowest BCUT2D eigenvalue weighted by Gasteiger charge is -2.09. The summed E-state index contributed by atoms with van der Waals surface area (Å²) in [6, 6.07) is 0. The predicted octanol–water partition coefficient (Wildman–Crippen LogP) is 1.22. The number of aromatic nitrogens is 2. The van der Waals surface area contributed by atoms with Crippen LogP contribution in [0.1, 0.15) is 36.2 Å². The summed E-state index contributed by atoms with van der Waals surface area (Å²) in [6.45, 7) is 3.25. The fraction of sp³-hybridized carbons (Fsp3) is 0.700. The first-order chi connectivity index (χ1) is 6.36. The van der Waals surface area contributed by atoms with Crippen molar-refractivity contribution >= 4 is 0 Å². The van der Waals surface area contributed by atoms with Gasteiger partial charge in [0.2, 0.25) is 0 Å². The van der Waals surface area contributed by atoms with E-state index >= 15 is 0 Å². The van der Waals surface area contributed by atoms with Crippen LogP contribution in [0.2, 0.25) is 0 Å². The van der Waals surface area contributed by atoms with E-state index in [1.54, 1.807) is 0 Å². The van der Waals surface area contributed by atoms with Gasteiger partial charge in [-0.3, -0.25) is 5.10 Å². The molecule has 3 nitrogen and oxygen atoms in total. The summed E-state index contributed by atoms with van der Waals surface area (Å²) in [4.78, 5) is 0. The predicted molar refractivity (Wildman–Crippen MR) is 53.0 cm³/mol. The van der Waals surface area contributed by atoms with E-state index in [1.165, 1.54) is 29.8 Å². The molecule has 0 fully saturated rings. The van der Waals surface area contributed by atoms with E-state index in [0.717, 1.165) is 13.0 Å². The highest BCUT2D eigenvalue weighted by Crippen LogP contribution is 2.33. The molecule has 1 aromatic heterocycles. The van der Waals surface area contributed by atoms with E-state index in [0.29, 0.717) is 5.92 Å². The maximum atomic E-state index is 4.34. The SMILES string of the molecule is CCc1n[nH]c2c1C(CNC)CC2. The molecule has 0 saturated heterocycles. The normalized spacial score (nSPS) is 20.6. The van der Waals surface area contributed by atoms with E-state index in [9.17, 15) is 0 Å². The van der Waals surface area contributed by atoms with Crippen LogP contribution in [0.3, 0.4) is 0 Å². The second-order valence-corrected chi connectivity index (χ2v) is 3.71. The Kier molecular flexibility index (Phi) is 2.36. The molecular weight excluding hydrogens is 162 g/mol. The van der Waals surface area contributed by atoms with Gasteiger partial charge in [-0.2, -0.15) is 5.10 Å². The van der Waals surface area contributed by atoms with Crippen LogP contribution in [-0.2, 0) is 12.8 Å². The van der Waals surface area contributed by atoms with Gasteiger partial charge in [0.25, 0.3) is 0 Å². The van der Waals surface area contributed by atoms with Gasteiger partial charge in [0.1, 0.15) is 0 Å². The molecule has 0 aromatic carbocycles. The first-order valence-corrected chi connectivity index (χ1v) is 5.07. The molecular formula is C10H17N3. The molecule has 1 aliphatic carbocycles. The number of H-pyrrole nitrogens is 1. The van der Waals surface area contributed by atoms with E-state index in [4.69, 9.17) is 0 Å². The highest BCUT2D eigenvalue weighted by atomic mass is 15.1. The molecule has 0 amide bonds. The monoisotopic (exact) mass is 179 g/mol. The summed E-state index contributed by atoms with van der Waals surface area (Å²) in [7, 11) is 2.02. The molecule has 72 valence electrons. The number of hydrogen-bond donors (Lipinski definition) is 2. The van der Waals surface area contributed by atoms with Gasteiger partial charge in [-0.25, -0.2) is 0 Å². The molecule has 1 atom stereocenters. The summed E-state index contributed by atoms with van der Waals surface area (Å²) in [6.07, 6.45) is 3.50. The molecule has 3 heteroatoms. The second kappa shape index (κ2) is 3.50. The van der Waals surface area contributed by atoms with Gasteiger partial charge in [-0.05, 0) is 26.3 Å². The van der Waals surface area contributed by atoms with Gasteiger partial charge in [0.15, 0.2) is 0 Å². The summed E-state index contributed by atoms with van der Waals surface area (Å²) in [5, 5.41) is 10.7. The fourth-order valence-electron chi connectivity index (χ4n) is 2.29. The van der Waals surface area contributed by atoms with Crippen molar-refractivity contribution in [3.05, 3.63) is 17.0 Å². The molecule has 1 heterocycles. The summed E-state index contributed by atoms with van der Waals surface area (Å²) < 4.78 is 0. The van der Waals surface area contributed by atoms with Gasteiger partial charge in [-0.15, -0.1) is 0 Å². The van der Waals surface area contributed by atoms with Gasteiger partial charge < -0.3 is 5.32 Å². The Hall–Kier alpha value is -0.830. The topological polar surface area (TPSA) is 40.7 Å². The smallest absolute Gasteiger partial charge is 0.0657 e. The number of likely N-dealkylation sites (N-methyl/N-ethyl adjacent to an activating group) is 1. The molecule has 0 aliphatic heterocycles. The van der Waals surface area contributed by atoms with Crippen LogP contribution in [0, 0.1) is 0 Å². The highest BCUT2D eigenvalue weighted by molar-refractivity contribution is 5.34.